The lowest BCUT2D eigenvalue weighted by molar-refractivity contribution is -0.121. The van der Waals surface area contributed by atoms with E-state index in [1.807, 2.05) is 0 Å². The summed E-state index contributed by atoms with van der Waals surface area (Å²) in [5.41, 5.74) is 0.847. The highest BCUT2D eigenvalue weighted by Gasteiger charge is 2.17. The summed E-state index contributed by atoms with van der Waals surface area (Å²) in [6.45, 7) is -1.45. The van der Waals surface area contributed by atoms with Crippen LogP contribution in [0.4, 0.5) is 8.78 Å². The van der Waals surface area contributed by atoms with Crippen LogP contribution in [0.15, 0.2) is 24.3 Å². The molecule has 7 heteroatoms. The number of ether oxygens (including phenoxy) is 1. The van der Waals surface area contributed by atoms with Crippen LogP contribution in [0.3, 0.4) is 0 Å². The van der Waals surface area contributed by atoms with E-state index in [0.29, 0.717) is 13.0 Å². The topological polar surface area (TPSA) is 50.4 Å². The molecular formula is C14H19ClF2N2O2. The number of halogens is 3. The van der Waals surface area contributed by atoms with E-state index in [9.17, 15) is 13.6 Å². The lowest BCUT2D eigenvalue weighted by atomic mass is 10.1. The molecule has 1 amide bonds. The van der Waals surface area contributed by atoms with E-state index < -0.39 is 6.61 Å². The largest absolute Gasteiger partial charge is 0.435 e. The van der Waals surface area contributed by atoms with Gasteiger partial charge in [-0.3, -0.25) is 4.79 Å². The molecule has 1 heterocycles. The molecule has 0 saturated carbocycles. The molecule has 0 aliphatic carbocycles. The van der Waals surface area contributed by atoms with Crippen molar-refractivity contribution in [3.63, 3.8) is 0 Å². The van der Waals surface area contributed by atoms with E-state index in [2.05, 4.69) is 15.4 Å². The van der Waals surface area contributed by atoms with Crippen LogP contribution in [0, 0.1) is 0 Å². The maximum Gasteiger partial charge on any atom is 0.387 e. The molecule has 1 saturated heterocycles. The van der Waals surface area contributed by atoms with Crippen LogP contribution < -0.4 is 15.4 Å². The second kappa shape index (κ2) is 8.79. The predicted octanol–water partition coefficient (Wildman–Crippen LogP) is 2.47. The quantitative estimate of drug-likeness (QED) is 0.846. The molecule has 2 N–H and O–H groups in total. The van der Waals surface area contributed by atoms with Crippen LogP contribution in [0.2, 0.25) is 0 Å². The highest BCUT2D eigenvalue weighted by Crippen LogP contribution is 2.15. The van der Waals surface area contributed by atoms with E-state index in [1.54, 1.807) is 12.1 Å². The fourth-order valence-corrected chi connectivity index (χ4v) is 2.22. The number of hydrogen-bond acceptors (Lipinski definition) is 3. The van der Waals surface area contributed by atoms with Crippen LogP contribution in [-0.4, -0.2) is 25.1 Å². The lowest BCUT2D eigenvalue weighted by Crippen LogP contribution is -2.31. The van der Waals surface area contributed by atoms with Crippen molar-refractivity contribution >= 4 is 18.3 Å². The molecule has 1 aromatic carbocycles. The Kier molecular flexibility index (Phi) is 7.39. The Balaban J connectivity index is 0.00000220. The molecule has 21 heavy (non-hydrogen) atoms. The molecule has 1 aromatic rings. The molecule has 2 rings (SSSR count). The molecule has 1 aliphatic rings. The maximum absolute atomic E-state index is 12.0. The van der Waals surface area contributed by atoms with Crippen molar-refractivity contribution in [3.05, 3.63) is 29.8 Å². The molecule has 1 fully saturated rings. The Morgan fingerprint density at radius 2 is 2.10 bits per heavy atom. The highest BCUT2D eigenvalue weighted by atomic mass is 35.5. The van der Waals surface area contributed by atoms with Crippen molar-refractivity contribution in [1.29, 1.82) is 0 Å². The van der Waals surface area contributed by atoms with E-state index in [1.165, 1.54) is 12.1 Å². The molecule has 118 valence electrons. The molecule has 0 bridgehead atoms. The highest BCUT2D eigenvalue weighted by molar-refractivity contribution is 5.85. The minimum Gasteiger partial charge on any atom is -0.435 e. The minimum absolute atomic E-state index is 0. The van der Waals surface area contributed by atoms with E-state index in [0.717, 1.165) is 24.9 Å². The first kappa shape index (κ1) is 17.7. The average Bonchev–Trinajstić information content (AvgIpc) is 2.90. The van der Waals surface area contributed by atoms with Gasteiger partial charge in [0, 0.05) is 19.0 Å². The fourth-order valence-electron chi connectivity index (χ4n) is 2.22. The molecule has 0 spiro atoms. The van der Waals surface area contributed by atoms with Crippen molar-refractivity contribution in [2.24, 2.45) is 0 Å². The van der Waals surface area contributed by atoms with Gasteiger partial charge in [-0.15, -0.1) is 12.4 Å². The first-order chi connectivity index (χ1) is 9.63. The molecule has 0 radical (unpaired) electrons. The van der Waals surface area contributed by atoms with E-state index in [4.69, 9.17) is 0 Å². The number of alkyl halides is 2. The third kappa shape index (κ3) is 6.27. The first-order valence-electron chi connectivity index (χ1n) is 6.67. The molecule has 1 atom stereocenters. The Hall–Kier alpha value is -1.40. The summed E-state index contributed by atoms with van der Waals surface area (Å²) in [7, 11) is 0. The summed E-state index contributed by atoms with van der Waals surface area (Å²) < 4.78 is 28.2. The van der Waals surface area contributed by atoms with Crippen LogP contribution in [0.1, 0.15) is 24.8 Å². The van der Waals surface area contributed by atoms with Gasteiger partial charge in [0.25, 0.3) is 0 Å². The van der Waals surface area contributed by atoms with Crippen molar-refractivity contribution in [1.82, 2.24) is 10.6 Å². The number of rotatable bonds is 6. The summed E-state index contributed by atoms with van der Waals surface area (Å²) in [5.74, 6) is 0.113. The summed E-state index contributed by atoms with van der Waals surface area (Å²) in [5, 5.41) is 6.08. The lowest BCUT2D eigenvalue weighted by Gasteiger charge is -2.11. The standard InChI is InChI=1S/C14H18F2N2O2.ClH/c15-14(16)20-12-5-3-10(4-6-12)9-18-13(19)8-11-2-1-7-17-11;/h3-6,11,14,17H,1-2,7-9H2,(H,18,19);1H. The SMILES string of the molecule is Cl.O=C(CC1CCCN1)NCc1ccc(OC(F)F)cc1. The van der Waals surface area contributed by atoms with Gasteiger partial charge >= 0.3 is 6.61 Å². The summed E-state index contributed by atoms with van der Waals surface area (Å²) in [6, 6.07) is 6.52. The predicted molar refractivity (Wildman–Crippen MR) is 77.8 cm³/mol. The van der Waals surface area contributed by atoms with Crippen LogP contribution >= 0.6 is 12.4 Å². The van der Waals surface area contributed by atoms with Crippen LogP contribution in [-0.2, 0) is 11.3 Å². The zero-order valence-electron chi connectivity index (χ0n) is 11.5. The van der Waals surface area contributed by atoms with Crippen molar-refractivity contribution in [2.75, 3.05) is 6.54 Å². The van der Waals surface area contributed by atoms with Crippen molar-refractivity contribution < 1.29 is 18.3 Å². The van der Waals surface area contributed by atoms with E-state index in [-0.39, 0.29) is 30.1 Å². The number of hydrogen-bond donors (Lipinski definition) is 2. The van der Waals surface area contributed by atoms with E-state index >= 15 is 0 Å². The Bertz CT molecular complexity index is 437. The van der Waals surface area contributed by atoms with Crippen LogP contribution in [0.5, 0.6) is 5.75 Å². The smallest absolute Gasteiger partial charge is 0.387 e. The summed E-state index contributed by atoms with van der Waals surface area (Å²) in [6.07, 6.45) is 2.63. The molecule has 4 nitrogen and oxygen atoms in total. The number of carbonyl (C=O) groups excluding carboxylic acids is 1. The van der Waals surface area contributed by atoms with Gasteiger partial charge in [-0.2, -0.15) is 8.78 Å². The Morgan fingerprint density at radius 1 is 1.38 bits per heavy atom. The molecular weight excluding hydrogens is 302 g/mol. The monoisotopic (exact) mass is 320 g/mol. The van der Waals surface area contributed by atoms with Gasteiger partial charge in [-0.1, -0.05) is 12.1 Å². The van der Waals surface area contributed by atoms with Gasteiger partial charge < -0.3 is 15.4 Å². The van der Waals surface area contributed by atoms with Gasteiger partial charge in [0.05, 0.1) is 0 Å². The maximum atomic E-state index is 12.0. The molecule has 1 unspecified atom stereocenters. The van der Waals surface area contributed by atoms with Crippen molar-refractivity contribution in [3.8, 4) is 5.75 Å². The normalized spacial score (nSPS) is 17.4. The Morgan fingerprint density at radius 3 is 2.67 bits per heavy atom. The summed E-state index contributed by atoms with van der Waals surface area (Å²) >= 11 is 0. The Labute approximate surface area is 128 Å². The van der Waals surface area contributed by atoms with Gasteiger partial charge in [-0.05, 0) is 37.1 Å². The first-order valence-corrected chi connectivity index (χ1v) is 6.67. The number of amides is 1. The average molecular weight is 321 g/mol. The number of benzene rings is 1. The second-order valence-corrected chi connectivity index (χ2v) is 4.80. The van der Waals surface area contributed by atoms with Crippen LogP contribution in [0.25, 0.3) is 0 Å². The molecule has 0 aromatic heterocycles. The van der Waals surface area contributed by atoms with Gasteiger partial charge in [0.2, 0.25) is 5.91 Å². The van der Waals surface area contributed by atoms with Gasteiger partial charge in [-0.25, -0.2) is 0 Å². The number of carbonyl (C=O) groups is 1. The third-order valence-corrected chi connectivity index (χ3v) is 3.23. The minimum atomic E-state index is -2.82. The zero-order chi connectivity index (χ0) is 14.4. The number of nitrogens with one attached hydrogen (secondary N) is 2. The fraction of sp³-hybridized carbons (Fsp3) is 0.500. The van der Waals surface area contributed by atoms with Gasteiger partial charge in [0.1, 0.15) is 5.75 Å². The zero-order valence-corrected chi connectivity index (χ0v) is 12.3. The van der Waals surface area contributed by atoms with Crippen molar-refractivity contribution in [2.45, 2.75) is 38.5 Å². The summed E-state index contributed by atoms with van der Waals surface area (Å²) in [4.78, 5) is 11.7. The second-order valence-electron chi connectivity index (χ2n) is 4.80. The van der Waals surface area contributed by atoms with Gasteiger partial charge in [0.15, 0.2) is 0 Å². The third-order valence-electron chi connectivity index (χ3n) is 3.23. The molecule has 1 aliphatic heterocycles.